The molecule has 31 heavy (non-hydrogen) atoms. The summed E-state index contributed by atoms with van der Waals surface area (Å²) in [5, 5.41) is 9.37. The summed E-state index contributed by atoms with van der Waals surface area (Å²) in [5.74, 6) is -0.0830. The van der Waals surface area contributed by atoms with Crippen LogP contribution in [-0.4, -0.2) is 29.9 Å². The Kier molecular flexibility index (Phi) is 5.86. The number of sulfone groups is 1. The fraction of sp³-hybridized carbons (Fsp3) is 0.167. The van der Waals surface area contributed by atoms with Crippen LogP contribution in [-0.2, 0) is 21.2 Å². The number of hydrogen-bond donors (Lipinski definition) is 1. The van der Waals surface area contributed by atoms with Crippen LogP contribution in [0, 0.1) is 6.92 Å². The van der Waals surface area contributed by atoms with Crippen molar-refractivity contribution in [2.45, 2.75) is 24.8 Å². The molecule has 0 bridgehead atoms. The van der Waals surface area contributed by atoms with Gasteiger partial charge in [0.15, 0.2) is 9.84 Å². The summed E-state index contributed by atoms with van der Waals surface area (Å²) in [6.07, 6.45) is 1.49. The van der Waals surface area contributed by atoms with Crippen LogP contribution in [0.3, 0.4) is 0 Å². The van der Waals surface area contributed by atoms with E-state index in [9.17, 15) is 13.2 Å². The SMILES string of the molecule is Cc1ccc(S(=O)(=O)CCC(=O)Nc2ccnn2Cc2cccc3ccccc23)cc1. The Balaban J connectivity index is 1.43. The zero-order valence-electron chi connectivity index (χ0n) is 17.2. The van der Waals surface area contributed by atoms with Crippen molar-refractivity contribution < 1.29 is 13.2 Å². The van der Waals surface area contributed by atoms with Crippen molar-refractivity contribution >= 4 is 32.3 Å². The molecule has 0 saturated heterocycles. The molecular formula is C24H23N3O3S. The number of amides is 1. The third-order valence-corrected chi connectivity index (χ3v) is 6.89. The van der Waals surface area contributed by atoms with Gasteiger partial charge in [0.2, 0.25) is 5.91 Å². The number of nitrogens with zero attached hydrogens (tertiary/aromatic N) is 2. The van der Waals surface area contributed by atoms with Gasteiger partial charge in [0, 0.05) is 12.5 Å². The van der Waals surface area contributed by atoms with E-state index >= 15 is 0 Å². The molecule has 0 unspecified atom stereocenters. The van der Waals surface area contributed by atoms with Crippen molar-refractivity contribution in [3.8, 4) is 0 Å². The number of nitrogens with one attached hydrogen (secondary N) is 1. The minimum Gasteiger partial charge on any atom is -0.311 e. The predicted octanol–water partition coefficient (Wildman–Crippen LogP) is 4.20. The van der Waals surface area contributed by atoms with Crippen LogP contribution in [0.2, 0.25) is 0 Å². The van der Waals surface area contributed by atoms with Gasteiger partial charge in [-0.1, -0.05) is 60.2 Å². The molecule has 0 spiro atoms. The quantitative estimate of drug-likeness (QED) is 0.474. The summed E-state index contributed by atoms with van der Waals surface area (Å²) < 4.78 is 26.7. The molecule has 3 aromatic carbocycles. The first-order valence-electron chi connectivity index (χ1n) is 10.0. The first kappa shape index (κ1) is 20.8. The molecule has 4 rings (SSSR count). The number of rotatable bonds is 7. The molecule has 1 heterocycles. The summed E-state index contributed by atoms with van der Waals surface area (Å²) in [5.41, 5.74) is 2.07. The summed E-state index contributed by atoms with van der Waals surface area (Å²) in [4.78, 5) is 12.7. The molecular weight excluding hydrogens is 410 g/mol. The van der Waals surface area contributed by atoms with Crippen molar-refractivity contribution in [1.29, 1.82) is 0 Å². The van der Waals surface area contributed by atoms with Gasteiger partial charge in [-0.25, -0.2) is 13.1 Å². The Morgan fingerprint density at radius 1 is 0.968 bits per heavy atom. The standard InChI is InChI=1S/C24H23N3O3S/c1-18-9-11-21(12-10-18)31(29,30)16-14-24(28)26-23-13-15-25-27(23)17-20-7-4-6-19-5-2-3-8-22(19)20/h2-13,15H,14,16-17H2,1H3,(H,26,28). The summed E-state index contributed by atoms with van der Waals surface area (Å²) in [6.45, 7) is 2.39. The van der Waals surface area contributed by atoms with Gasteiger partial charge in [-0.2, -0.15) is 5.10 Å². The van der Waals surface area contributed by atoms with Crippen molar-refractivity contribution in [3.05, 3.63) is 90.1 Å². The van der Waals surface area contributed by atoms with Gasteiger partial charge in [0.1, 0.15) is 5.82 Å². The maximum Gasteiger partial charge on any atom is 0.226 e. The van der Waals surface area contributed by atoms with E-state index in [0.29, 0.717) is 12.4 Å². The van der Waals surface area contributed by atoms with E-state index in [2.05, 4.69) is 28.6 Å². The number of carbonyl (C=O) groups excluding carboxylic acids is 1. The maximum atomic E-state index is 12.5. The van der Waals surface area contributed by atoms with Gasteiger partial charge in [0.25, 0.3) is 0 Å². The number of aryl methyl sites for hydroxylation is 1. The first-order valence-corrected chi connectivity index (χ1v) is 11.7. The van der Waals surface area contributed by atoms with Crippen molar-refractivity contribution in [3.63, 3.8) is 0 Å². The van der Waals surface area contributed by atoms with Crippen molar-refractivity contribution in [2.24, 2.45) is 0 Å². The van der Waals surface area contributed by atoms with Crippen LogP contribution >= 0.6 is 0 Å². The minimum absolute atomic E-state index is 0.129. The number of anilines is 1. The monoisotopic (exact) mass is 433 g/mol. The molecule has 158 valence electrons. The van der Waals surface area contributed by atoms with Crippen LogP contribution in [0.4, 0.5) is 5.82 Å². The molecule has 4 aromatic rings. The molecule has 0 radical (unpaired) electrons. The average molecular weight is 434 g/mol. The van der Waals surface area contributed by atoms with E-state index in [1.54, 1.807) is 41.2 Å². The van der Waals surface area contributed by atoms with Gasteiger partial charge in [-0.3, -0.25) is 4.79 Å². The highest BCUT2D eigenvalue weighted by atomic mass is 32.2. The summed E-state index contributed by atoms with van der Waals surface area (Å²) in [6, 6.07) is 22.5. The van der Waals surface area contributed by atoms with E-state index in [4.69, 9.17) is 0 Å². The number of fused-ring (bicyclic) bond motifs is 1. The number of hydrogen-bond acceptors (Lipinski definition) is 4. The number of aromatic nitrogens is 2. The topological polar surface area (TPSA) is 81.1 Å². The lowest BCUT2D eigenvalue weighted by molar-refractivity contribution is -0.115. The van der Waals surface area contributed by atoms with E-state index in [0.717, 1.165) is 21.9 Å². The van der Waals surface area contributed by atoms with Gasteiger partial charge in [0.05, 0.1) is 23.4 Å². The molecule has 0 saturated carbocycles. The Morgan fingerprint density at radius 3 is 2.52 bits per heavy atom. The van der Waals surface area contributed by atoms with E-state index in [-0.39, 0.29) is 23.0 Å². The Morgan fingerprint density at radius 2 is 1.71 bits per heavy atom. The Labute approximate surface area is 181 Å². The molecule has 0 atom stereocenters. The highest BCUT2D eigenvalue weighted by Crippen LogP contribution is 2.21. The average Bonchev–Trinajstić information content (AvgIpc) is 3.19. The second-order valence-corrected chi connectivity index (χ2v) is 9.55. The van der Waals surface area contributed by atoms with E-state index in [1.807, 2.05) is 31.2 Å². The van der Waals surface area contributed by atoms with Crippen LogP contribution in [0.5, 0.6) is 0 Å². The van der Waals surface area contributed by atoms with Crippen molar-refractivity contribution in [2.75, 3.05) is 11.1 Å². The number of benzene rings is 3. The van der Waals surface area contributed by atoms with Crippen LogP contribution in [0.1, 0.15) is 17.5 Å². The number of carbonyl (C=O) groups is 1. The highest BCUT2D eigenvalue weighted by molar-refractivity contribution is 7.91. The summed E-state index contributed by atoms with van der Waals surface area (Å²) >= 11 is 0. The zero-order valence-corrected chi connectivity index (χ0v) is 18.0. The molecule has 1 N–H and O–H groups in total. The van der Waals surface area contributed by atoms with Gasteiger partial charge < -0.3 is 5.32 Å². The van der Waals surface area contributed by atoms with E-state index < -0.39 is 9.84 Å². The lowest BCUT2D eigenvalue weighted by atomic mass is 10.0. The maximum absolute atomic E-state index is 12.5. The zero-order chi connectivity index (χ0) is 21.8. The fourth-order valence-corrected chi connectivity index (χ4v) is 4.69. The first-order chi connectivity index (χ1) is 14.9. The van der Waals surface area contributed by atoms with Crippen LogP contribution in [0.15, 0.2) is 83.9 Å². The van der Waals surface area contributed by atoms with Gasteiger partial charge in [-0.05, 0) is 35.4 Å². The molecule has 1 amide bonds. The largest absolute Gasteiger partial charge is 0.311 e. The fourth-order valence-electron chi connectivity index (χ4n) is 3.45. The van der Waals surface area contributed by atoms with Gasteiger partial charge in [-0.15, -0.1) is 0 Å². The Hall–Kier alpha value is -3.45. The van der Waals surface area contributed by atoms with Crippen LogP contribution < -0.4 is 5.32 Å². The molecule has 0 aliphatic rings. The van der Waals surface area contributed by atoms with Crippen molar-refractivity contribution in [1.82, 2.24) is 9.78 Å². The third kappa shape index (κ3) is 4.83. The lowest BCUT2D eigenvalue weighted by Crippen LogP contribution is -2.19. The third-order valence-electron chi connectivity index (χ3n) is 5.16. The lowest BCUT2D eigenvalue weighted by Gasteiger charge is -2.11. The molecule has 7 heteroatoms. The smallest absolute Gasteiger partial charge is 0.226 e. The second kappa shape index (κ2) is 8.73. The minimum atomic E-state index is -3.52. The van der Waals surface area contributed by atoms with Crippen LogP contribution in [0.25, 0.3) is 10.8 Å². The normalized spacial score (nSPS) is 11.5. The molecule has 0 aliphatic carbocycles. The summed E-state index contributed by atoms with van der Waals surface area (Å²) in [7, 11) is -3.52. The molecule has 0 aliphatic heterocycles. The van der Waals surface area contributed by atoms with E-state index in [1.165, 1.54) is 0 Å². The molecule has 1 aromatic heterocycles. The predicted molar refractivity (Wildman–Crippen MR) is 122 cm³/mol. The highest BCUT2D eigenvalue weighted by Gasteiger charge is 2.17. The Bertz CT molecular complexity index is 1320. The van der Waals surface area contributed by atoms with Gasteiger partial charge >= 0.3 is 0 Å². The second-order valence-electron chi connectivity index (χ2n) is 7.44. The molecule has 6 nitrogen and oxygen atoms in total. The molecule has 0 fully saturated rings.